The number of carbonyl (C=O) groups is 1. The summed E-state index contributed by atoms with van der Waals surface area (Å²) in [6.45, 7) is -0.0184. The number of amides is 1. The molecule has 2 N–H and O–H groups in total. The first-order valence-electron chi connectivity index (χ1n) is 6.41. The van der Waals surface area contributed by atoms with E-state index in [0.29, 0.717) is 15.8 Å². The molecule has 1 amide bonds. The minimum Gasteiger partial charge on any atom is -0.485 e. The fourth-order valence-corrected chi connectivity index (χ4v) is 4.17. The average Bonchev–Trinajstić information content (AvgIpc) is 2.99. The zero-order chi connectivity index (χ0) is 16.4. The molecule has 122 valence electrons. The van der Waals surface area contributed by atoms with Gasteiger partial charge in [-0.15, -0.1) is 16.2 Å². The van der Waals surface area contributed by atoms with Gasteiger partial charge in [0.2, 0.25) is 6.10 Å². The molecular weight excluding hydrogens is 364 g/mol. The van der Waals surface area contributed by atoms with Gasteiger partial charge in [0, 0.05) is 0 Å². The summed E-state index contributed by atoms with van der Waals surface area (Å²) in [7, 11) is -3.88. The SMILES string of the molecule is O=C(NNS(=O)(=O)c1ccc(Cl)s1)[C@@H]1COc2ccccc2O1. The molecule has 1 atom stereocenters. The molecule has 1 aliphatic rings. The van der Waals surface area contributed by atoms with Gasteiger partial charge < -0.3 is 9.47 Å². The molecule has 2 heterocycles. The van der Waals surface area contributed by atoms with Gasteiger partial charge in [-0.3, -0.25) is 10.2 Å². The molecule has 10 heteroatoms. The van der Waals surface area contributed by atoms with E-state index in [1.165, 1.54) is 12.1 Å². The number of sulfonamides is 1. The Kier molecular flexibility index (Phi) is 4.44. The van der Waals surface area contributed by atoms with Gasteiger partial charge in [0.1, 0.15) is 10.8 Å². The number of nitrogens with one attached hydrogen (secondary N) is 2. The second kappa shape index (κ2) is 6.36. The third-order valence-corrected chi connectivity index (χ3v) is 5.89. The minimum atomic E-state index is -3.88. The summed E-state index contributed by atoms with van der Waals surface area (Å²) in [5, 5.41) is 0. The standard InChI is InChI=1S/C13H11ClN2O5S2/c14-11-5-6-12(22-11)23(18,19)16-15-13(17)10-7-20-8-3-1-2-4-9(8)21-10/h1-6,10,16H,7H2,(H,15,17)/t10-/m0/s1. The Morgan fingerprint density at radius 3 is 2.65 bits per heavy atom. The lowest BCUT2D eigenvalue weighted by Crippen LogP contribution is -2.50. The second-order valence-electron chi connectivity index (χ2n) is 4.52. The molecule has 23 heavy (non-hydrogen) atoms. The van der Waals surface area contributed by atoms with Crippen molar-refractivity contribution in [2.75, 3.05) is 6.61 Å². The highest BCUT2D eigenvalue weighted by Crippen LogP contribution is 2.30. The Morgan fingerprint density at radius 1 is 1.22 bits per heavy atom. The first kappa shape index (κ1) is 16.1. The maximum absolute atomic E-state index is 12.0. The van der Waals surface area contributed by atoms with Crippen LogP contribution in [0.1, 0.15) is 0 Å². The topological polar surface area (TPSA) is 93.7 Å². The largest absolute Gasteiger partial charge is 0.485 e. The van der Waals surface area contributed by atoms with Crippen LogP contribution in [-0.4, -0.2) is 27.0 Å². The van der Waals surface area contributed by atoms with Crippen LogP contribution in [0.3, 0.4) is 0 Å². The summed E-state index contributed by atoms with van der Waals surface area (Å²) < 4.78 is 35.2. The number of rotatable bonds is 4. The van der Waals surface area contributed by atoms with Crippen LogP contribution < -0.4 is 19.7 Å². The molecule has 1 aromatic heterocycles. The predicted molar refractivity (Wildman–Crippen MR) is 84.1 cm³/mol. The molecule has 0 spiro atoms. The summed E-state index contributed by atoms with van der Waals surface area (Å²) in [5.74, 6) is 0.294. The van der Waals surface area contributed by atoms with E-state index < -0.39 is 22.0 Å². The van der Waals surface area contributed by atoms with E-state index in [-0.39, 0.29) is 10.8 Å². The summed E-state index contributed by atoms with van der Waals surface area (Å²) in [6.07, 6.45) is -0.959. The zero-order valence-electron chi connectivity index (χ0n) is 11.5. The molecule has 0 saturated carbocycles. The maximum Gasteiger partial charge on any atom is 0.279 e. The molecule has 0 saturated heterocycles. The fourth-order valence-electron chi connectivity index (χ4n) is 1.84. The lowest BCUT2D eigenvalue weighted by Gasteiger charge is -2.25. The van der Waals surface area contributed by atoms with Crippen LogP contribution in [0, 0.1) is 0 Å². The van der Waals surface area contributed by atoms with E-state index >= 15 is 0 Å². The number of hydrogen-bond acceptors (Lipinski definition) is 6. The van der Waals surface area contributed by atoms with E-state index in [4.69, 9.17) is 21.1 Å². The van der Waals surface area contributed by atoms with Gasteiger partial charge in [-0.2, -0.15) is 0 Å². The number of halogens is 1. The van der Waals surface area contributed by atoms with Crippen LogP contribution in [0.2, 0.25) is 4.34 Å². The summed E-state index contributed by atoms with van der Waals surface area (Å²) in [6, 6.07) is 9.70. The molecule has 0 unspecified atom stereocenters. The van der Waals surface area contributed by atoms with Crippen LogP contribution in [-0.2, 0) is 14.8 Å². The molecule has 7 nitrogen and oxygen atoms in total. The van der Waals surface area contributed by atoms with Gasteiger partial charge in [0.15, 0.2) is 11.5 Å². The van der Waals surface area contributed by atoms with Crippen molar-refractivity contribution in [2.24, 2.45) is 0 Å². The number of benzene rings is 1. The van der Waals surface area contributed by atoms with Gasteiger partial charge in [-0.05, 0) is 24.3 Å². The zero-order valence-corrected chi connectivity index (χ0v) is 13.9. The molecule has 1 aromatic carbocycles. The number of carbonyl (C=O) groups excluding carboxylic acids is 1. The van der Waals surface area contributed by atoms with Crippen molar-refractivity contribution in [1.82, 2.24) is 10.3 Å². The Hall–Kier alpha value is -1.81. The summed E-state index contributed by atoms with van der Waals surface area (Å²) in [5.41, 5.74) is 2.11. The van der Waals surface area contributed by atoms with Crippen molar-refractivity contribution < 1.29 is 22.7 Å². The highest BCUT2D eigenvalue weighted by atomic mass is 35.5. The van der Waals surface area contributed by atoms with Crippen molar-refractivity contribution in [2.45, 2.75) is 10.3 Å². The fraction of sp³-hybridized carbons (Fsp3) is 0.154. The Balaban J connectivity index is 1.62. The van der Waals surface area contributed by atoms with Gasteiger partial charge in [0.05, 0.1) is 4.34 Å². The molecule has 0 bridgehead atoms. The van der Waals surface area contributed by atoms with E-state index in [1.807, 2.05) is 4.83 Å². The predicted octanol–water partition coefficient (Wildman–Crippen LogP) is 1.55. The minimum absolute atomic E-state index is 0.00559. The van der Waals surface area contributed by atoms with Gasteiger partial charge >= 0.3 is 0 Å². The molecule has 1 aliphatic heterocycles. The number of thiophene rings is 1. The Bertz CT molecular complexity index is 836. The Labute approximate surface area is 141 Å². The van der Waals surface area contributed by atoms with Gasteiger partial charge in [0.25, 0.3) is 15.9 Å². The highest BCUT2D eigenvalue weighted by molar-refractivity contribution is 7.91. The molecule has 0 fully saturated rings. The van der Waals surface area contributed by atoms with E-state index in [2.05, 4.69) is 5.43 Å². The maximum atomic E-state index is 12.0. The van der Waals surface area contributed by atoms with Crippen molar-refractivity contribution in [3.8, 4) is 11.5 Å². The van der Waals surface area contributed by atoms with E-state index in [0.717, 1.165) is 11.3 Å². The lowest BCUT2D eigenvalue weighted by atomic mass is 10.2. The van der Waals surface area contributed by atoms with Crippen molar-refractivity contribution in [3.63, 3.8) is 0 Å². The van der Waals surface area contributed by atoms with Gasteiger partial charge in [-0.25, -0.2) is 8.42 Å². The third kappa shape index (κ3) is 3.58. The molecule has 0 radical (unpaired) electrons. The number of hydrazine groups is 1. The first-order valence-corrected chi connectivity index (χ1v) is 9.09. The van der Waals surface area contributed by atoms with Crippen LogP contribution in [0.15, 0.2) is 40.6 Å². The highest BCUT2D eigenvalue weighted by Gasteiger charge is 2.28. The summed E-state index contributed by atoms with van der Waals surface area (Å²) in [4.78, 5) is 14.0. The number of fused-ring (bicyclic) bond motifs is 1. The molecule has 0 aliphatic carbocycles. The summed E-state index contributed by atoms with van der Waals surface area (Å²) >= 11 is 6.58. The first-order chi connectivity index (χ1) is 11.0. The smallest absolute Gasteiger partial charge is 0.279 e. The van der Waals surface area contributed by atoms with E-state index in [1.54, 1.807) is 24.3 Å². The van der Waals surface area contributed by atoms with Crippen molar-refractivity contribution in [1.29, 1.82) is 0 Å². The van der Waals surface area contributed by atoms with Crippen LogP contribution >= 0.6 is 22.9 Å². The number of hydrogen-bond donors (Lipinski definition) is 2. The second-order valence-corrected chi connectivity index (χ2v) is 8.14. The average molecular weight is 375 g/mol. The normalized spacial score (nSPS) is 16.8. The Morgan fingerprint density at radius 2 is 1.96 bits per heavy atom. The van der Waals surface area contributed by atoms with Crippen molar-refractivity contribution in [3.05, 3.63) is 40.7 Å². The number of ether oxygens (including phenoxy) is 2. The third-order valence-electron chi connectivity index (χ3n) is 2.92. The number of para-hydroxylation sites is 2. The van der Waals surface area contributed by atoms with Crippen LogP contribution in [0.4, 0.5) is 0 Å². The lowest BCUT2D eigenvalue weighted by molar-refractivity contribution is -0.130. The van der Waals surface area contributed by atoms with Crippen LogP contribution in [0.5, 0.6) is 11.5 Å². The molecule has 2 aromatic rings. The molecular formula is C13H11ClN2O5S2. The van der Waals surface area contributed by atoms with E-state index in [9.17, 15) is 13.2 Å². The monoisotopic (exact) mass is 374 g/mol. The van der Waals surface area contributed by atoms with Crippen LogP contribution in [0.25, 0.3) is 0 Å². The molecule has 3 rings (SSSR count). The quantitative estimate of drug-likeness (QED) is 0.792. The van der Waals surface area contributed by atoms with Gasteiger partial charge in [-0.1, -0.05) is 23.7 Å². The van der Waals surface area contributed by atoms with Crippen molar-refractivity contribution >= 4 is 38.9 Å².